The van der Waals surface area contributed by atoms with Crippen molar-refractivity contribution in [3.63, 3.8) is 0 Å². The molecule has 7 heteroatoms. The Kier molecular flexibility index (Phi) is 5.33. The molecular weight excluding hydrogens is 396 g/mol. The summed E-state index contributed by atoms with van der Waals surface area (Å²) in [5.74, 6) is 1.33. The first kappa shape index (κ1) is 20.4. The SMILES string of the molecule is COc1ccc(-c2oc3cc(C)ccc3c(=O)c2Oc2nc(C)cc(C)n2)cc1OC. The molecule has 0 spiro atoms. The van der Waals surface area contributed by atoms with Gasteiger partial charge >= 0.3 is 6.01 Å². The van der Waals surface area contributed by atoms with Crippen LogP contribution in [0.5, 0.6) is 23.3 Å². The van der Waals surface area contributed by atoms with Crippen molar-refractivity contribution < 1.29 is 18.6 Å². The van der Waals surface area contributed by atoms with Gasteiger partial charge in [-0.2, -0.15) is 0 Å². The lowest BCUT2D eigenvalue weighted by Gasteiger charge is -2.13. The molecule has 0 unspecified atom stereocenters. The van der Waals surface area contributed by atoms with Crippen LogP contribution in [0.1, 0.15) is 17.0 Å². The molecule has 158 valence electrons. The summed E-state index contributed by atoms with van der Waals surface area (Å²) >= 11 is 0. The van der Waals surface area contributed by atoms with E-state index in [0.717, 1.165) is 17.0 Å². The van der Waals surface area contributed by atoms with Gasteiger partial charge in [0, 0.05) is 17.0 Å². The Bertz CT molecular complexity index is 1320. The van der Waals surface area contributed by atoms with E-state index in [1.807, 2.05) is 39.0 Å². The Balaban J connectivity index is 1.98. The maximum atomic E-state index is 13.4. The van der Waals surface area contributed by atoms with Gasteiger partial charge in [-0.3, -0.25) is 4.79 Å². The molecule has 2 aromatic heterocycles. The third-order valence-electron chi connectivity index (χ3n) is 4.81. The van der Waals surface area contributed by atoms with E-state index in [1.165, 1.54) is 0 Å². The normalized spacial score (nSPS) is 10.9. The molecule has 0 fully saturated rings. The van der Waals surface area contributed by atoms with Crippen LogP contribution in [-0.2, 0) is 0 Å². The third-order valence-corrected chi connectivity index (χ3v) is 4.81. The Labute approximate surface area is 179 Å². The van der Waals surface area contributed by atoms with Crippen LogP contribution in [-0.4, -0.2) is 24.2 Å². The van der Waals surface area contributed by atoms with E-state index < -0.39 is 0 Å². The second-order valence-corrected chi connectivity index (χ2v) is 7.19. The van der Waals surface area contributed by atoms with Crippen molar-refractivity contribution in [2.45, 2.75) is 20.8 Å². The van der Waals surface area contributed by atoms with E-state index in [1.54, 1.807) is 38.5 Å². The largest absolute Gasteiger partial charge is 0.493 e. The van der Waals surface area contributed by atoms with Crippen LogP contribution in [0, 0.1) is 20.8 Å². The minimum atomic E-state index is -0.311. The van der Waals surface area contributed by atoms with Gasteiger partial charge in [-0.1, -0.05) is 6.07 Å². The first-order valence-electron chi connectivity index (χ1n) is 9.69. The number of nitrogens with zero attached hydrogens (tertiary/aromatic N) is 2. The Hall–Kier alpha value is -3.87. The number of hydrogen-bond donors (Lipinski definition) is 0. The van der Waals surface area contributed by atoms with Gasteiger partial charge in [-0.15, -0.1) is 0 Å². The summed E-state index contributed by atoms with van der Waals surface area (Å²) < 4.78 is 22.8. The molecule has 0 radical (unpaired) electrons. The molecule has 0 amide bonds. The van der Waals surface area contributed by atoms with Crippen molar-refractivity contribution in [1.82, 2.24) is 9.97 Å². The molecule has 7 nitrogen and oxygen atoms in total. The summed E-state index contributed by atoms with van der Waals surface area (Å²) in [4.78, 5) is 22.0. The summed E-state index contributed by atoms with van der Waals surface area (Å²) in [6.07, 6.45) is 0. The fraction of sp³-hybridized carbons (Fsp3) is 0.208. The fourth-order valence-corrected chi connectivity index (χ4v) is 3.37. The van der Waals surface area contributed by atoms with Gasteiger partial charge in [-0.25, -0.2) is 9.97 Å². The van der Waals surface area contributed by atoms with Crippen LogP contribution < -0.4 is 19.6 Å². The average Bonchev–Trinajstić information content (AvgIpc) is 2.74. The molecule has 0 saturated heterocycles. The molecule has 2 heterocycles. The van der Waals surface area contributed by atoms with Gasteiger partial charge < -0.3 is 18.6 Å². The van der Waals surface area contributed by atoms with Crippen LogP contribution >= 0.6 is 0 Å². The van der Waals surface area contributed by atoms with Gasteiger partial charge in [0.1, 0.15) is 5.58 Å². The molecular formula is C24H22N2O5. The minimum absolute atomic E-state index is 0.00794. The average molecular weight is 418 g/mol. The zero-order valence-electron chi connectivity index (χ0n) is 18.0. The van der Waals surface area contributed by atoms with Crippen molar-refractivity contribution in [1.29, 1.82) is 0 Å². The van der Waals surface area contributed by atoms with Gasteiger partial charge in [0.2, 0.25) is 11.2 Å². The molecule has 2 aromatic carbocycles. The standard InChI is InChI=1S/C24H22N2O5/c1-13-6-8-17-19(10-13)30-22(16-7-9-18(28-4)20(12-16)29-5)23(21(17)27)31-24-25-14(2)11-15(3)26-24/h6-12H,1-5H3. The second-order valence-electron chi connectivity index (χ2n) is 7.19. The molecule has 0 aliphatic heterocycles. The van der Waals surface area contributed by atoms with Crippen molar-refractivity contribution in [3.8, 4) is 34.6 Å². The first-order valence-corrected chi connectivity index (χ1v) is 9.69. The lowest BCUT2D eigenvalue weighted by Crippen LogP contribution is -2.09. The predicted octanol–water partition coefficient (Wildman–Crippen LogP) is 4.98. The molecule has 0 N–H and O–H groups in total. The predicted molar refractivity (Wildman–Crippen MR) is 117 cm³/mol. The van der Waals surface area contributed by atoms with E-state index in [2.05, 4.69) is 9.97 Å². The quantitative estimate of drug-likeness (QED) is 0.452. The number of aryl methyl sites for hydroxylation is 3. The van der Waals surface area contributed by atoms with E-state index in [9.17, 15) is 4.79 Å². The van der Waals surface area contributed by atoms with Gasteiger partial charge in [0.05, 0.1) is 19.6 Å². The van der Waals surface area contributed by atoms with Crippen LogP contribution in [0.15, 0.2) is 51.7 Å². The fourth-order valence-electron chi connectivity index (χ4n) is 3.37. The molecule has 0 atom stereocenters. The lowest BCUT2D eigenvalue weighted by molar-refractivity contribution is 0.355. The van der Waals surface area contributed by atoms with Crippen LogP contribution in [0.4, 0.5) is 0 Å². The molecule has 0 saturated carbocycles. The molecule has 0 aliphatic rings. The second kappa shape index (κ2) is 8.10. The van der Waals surface area contributed by atoms with Crippen LogP contribution in [0.3, 0.4) is 0 Å². The van der Waals surface area contributed by atoms with Crippen LogP contribution in [0.2, 0.25) is 0 Å². The lowest BCUT2D eigenvalue weighted by atomic mass is 10.1. The molecule has 0 aliphatic carbocycles. The number of fused-ring (bicyclic) bond motifs is 1. The highest BCUT2D eigenvalue weighted by molar-refractivity contribution is 5.83. The topological polar surface area (TPSA) is 83.7 Å². The Morgan fingerprint density at radius 3 is 2.23 bits per heavy atom. The highest BCUT2D eigenvalue weighted by atomic mass is 16.5. The zero-order valence-corrected chi connectivity index (χ0v) is 18.0. The monoisotopic (exact) mass is 418 g/mol. The van der Waals surface area contributed by atoms with Gasteiger partial charge in [0.25, 0.3) is 0 Å². The van der Waals surface area contributed by atoms with Crippen molar-refractivity contribution in [3.05, 3.63) is 69.6 Å². The summed E-state index contributed by atoms with van der Waals surface area (Å²) in [5.41, 5.74) is 3.18. The van der Waals surface area contributed by atoms with Crippen LogP contribution in [0.25, 0.3) is 22.3 Å². The molecule has 0 bridgehead atoms. The summed E-state index contributed by atoms with van der Waals surface area (Å²) in [6, 6.07) is 12.6. The smallest absolute Gasteiger partial charge is 0.322 e. The highest BCUT2D eigenvalue weighted by Gasteiger charge is 2.21. The number of methoxy groups -OCH3 is 2. The van der Waals surface area contributed by atoms with E-state index in [-0.39, 0.29) is 22.9 Å². The Morgan fingerprint density at radius 1 is 0.839 bits per heavy atom. The zero-order chi connectivity index (χ0) is 22.1. The van der Waals surface area contributed by atoms with Gasteiger partial charge in [0.15, 0.2) is 17.3 Å². The number of rotatable bonds is 5. The van der Waals surface area contributed by atoms with Crippen molar-refractivity contribution >= 4 is 11.0 Å². The maximum Gasteiger partial charge on any atom is 0.322 e. The molecule has 31 heavy (non-hydrogen) atoms. The Morgan fingerprint density at radius 2 is 1.55 bits per heavy atom. The summed E-state index contributed by atoms with van der Waals surface area (Å²) in [6.45, 7) is 5.61. The number of benzene rings is 2. The summed E-state index contributed by atoms with van der Waals surface area (Å²) in [5, 5.41) is 0.411. The molecule has 4 rings (SSSR count). The van der Waals surface area contributed by atoms with E-state index in [4.69, 9.17) is 18.6 Å². The third kappa shape index (κ3) is 3.94. The number of ether oxygens (including phenoxy) is 3. The van der Waals surface area contributed by atoms with Crippen molar-refractivity contribution in [2.75, 3.05) is 14.2 Å². The maximum absolute atomic E-state index is 13.4. The van der Waals surface area contributed by atoms with Gasteiger partial charge in [-0.05, 0) is 62.7 Å². The minimum Gasteiger partial charge on any atom is -0.493 e. The molecule has 4 aromatic rings. The van der Waals surface area contributed by atoms with E-state index in [0.29, 0.717) is 28.0 Å². The summed E-state index contributed by atoms with van der Waals surface area (Å²) in [7, 11) is 3.10. The van der Waals surface area contributed by atoms with Crippen molar-refractivity contribution in [2.24, 2.45) is 0 Å². The first-order chi connectivity index (χ1) is 14.9. The van der Waals surface area contributed by atoms with E-state index >= 15 is 0 Å². The number of aromatic nitrogens is 2. The highest BCUT2D eigenvalue weighted by Crippen LogP contribution is 2.37. The number of hydrogen-bond acceptors (Lipinski definition) is 7.